The van der Waals surface area contributed by atoms with Gasteiger partial charge in [-0.25, -0.2) is 15.0 Å². The molecule has 0 aliphatic carbocycles. The van der Waals surface area contributed by atoms with Crippen LogP contribution in [0.5, 0.6) is 0 Å². The first-order chi connectivity index (χ1) is 13.9. The lowest BCUT2D eigenvalue weighted by Gasteiger charge is -2.34. The Hall–Kier alpha value is -3.43. The van der Waals surface area contributed by atoms with Crippen molar-refractivity contribution in [2.24, 2.45) is 0 Å². The van der Waals surface area contributed by atoms with Crippen molar-refractivity contribution in [1.29, 1.82) is 0 Å². The third-order valence-corrected chi connectivity index (χ3v) is 4.68. The van der Waals surface area contributed by atoms with Crippen LogP contribution in [0.3, 0.4) is 0 Å². The van der Waals surface area contributed by atoms with E-state index in [1.54, 1.807) is 23.4 Å². The fourth-order valence-electron chi connectivity index (χ4n) is 3.14. The number of rotatable bonds is 3. The summed E-state index contributed by atoms with van der Waals surface area (Å²) in [5.74, 6) is 0.359. The van der Waals surface area contributed by atoms with Crippen molar-refractivity contribution in [3.63, 3.8) is 0 Å². The minimum absolute atomic E-state index is 0.187. The third kappa shape index (κ3) is 4.05. The summed E-state index contributed by atoms with van der Waals surface area (Å²) in [6, 6.07) is 6.62. The number of amides is 1. The molecule has 0 atom stereocenters. The van der Waals surface area contributed by atoms with Gasteiger partial charge in [0.2, 0.25) is 5.95 Å². The molecule has 0 saturated carbocycles. The van der Waals surface area contributed by atoms with Crippen LogP contribution in [0.2, 0.25) is 0 Å². The highest BCUT2D eigenvalue weighted by Crippen LogP contribution is 2.30. The van der Waals surface area contributed by atoms with E-state index in [4.69, 9.17) is 0 Å². The van der Waals surface area contributed by atoms with E-state index in [-0.39, 0.29) is 17.3 Å². The highest BCUT2D eigenvalue weighted by molar-refractivity contribution is 5.92. The highest BCUT2D eigenvalue weighted by atomic mass is 19.4. The second kappa shape index (κ2) is 7.53. The van der Waals surface area contributed by atoms with Crippen LogP contribution in [0, 0.1) is 0 Å². The van der Waals surface area contributed by atoms with E-state index in [1.807, 2.05) is 4.90 Å². The molecule has 4 rings (SSSR count). The molecule has 7 nitrogen and oxygen atoms in total. The number of carbonyl (C=O) groups is 1. The molecule has 0 bridgehead atoms. The van der Waals surface area contributed by atoms with Gasteiger partial charge in [-0.05, 0) is 24.3 Å². The summed E-state index contributed by atoms with van der Waals surface area (Å²) in [6.07, 6.45) is 1.69. The summed E-state index contributed by atoms with van der Waals surface area (Å²) in [5.41, 5.74) is -0.278. The first-order valence-corrected chi connectivity index (χ1v) is 8.95. The van der Waals surface area contributed by atoms with Gasteiger partial charge in [-0.2, -0.15) is 13.2 Å². The SMILES string of the molecule is O=C(c1cn(-c2cccc(C(F)(F)F)c2)cn1)N1CCN(c2ncccn2)CC1. The number of halogens is 3. The van der Waals surface area contributed by atoms with Gasteiger partial charge in [0.15, 0.2) is 0 Å². The molecule has 0 N–H and O–H groups in total. The largest absolute Gasteiger partial charge is 0.416 e. The van der Waals surface area contributed by atoms with Crippen molar-refractivity contribution in [3.05, 3.63) is 66.5 Å². The number of imidazole rings is 1. The standard InChI is InChI=1S/C19H17F3N6O/c20-19(21,22)14-3-1-4-15(11-14)28-12-16(25-13-28)17(29)26-7-9-27(10-8-26)18-23-5-2-6-24-18/h1-6,11-13H,7-10H2. The molecule has 29 heavy (non-hydrogen) atoms. The number of anilines is 1. The molecule has 1 amide bonds. The van der Waals surface area contributed by atoms with E-state index in [0.717, 1.165) is 12.1 Å². The van der Waals surface area contributed by atoms with Gasteiger partial charge in [-0.3, -0.25) is 4.79 Å². The Morgan fingerprint density at radius 3 is 2.38 bits per heavy atom. The number of hydrogen-bond donors (Lipinski definition) is 0. The Morgan fingerprint density at radius 2 is 1.69 bits per heavy atom. The zero-order valence-electron chi connectivity index (χ0n) is 15.3. The minimum atomic E-state index is -4.43. The lowest BCUT2D eigenvalue weighted by atomic mass is 10.2. The molecule has 0 spiro atoms. The van der Waals surface area contributed by atoms with Gasteiger partial charge < -0.3 is 14.4 Å². The molecular weight excluding hydrogens is 385 g/mol. The predicted molar refractivity (Wildman–Crippen MR) is 98.7 cm³/mol. The van der Waals surface area contributed by atoms with Gasteiger partial charge in [0.25, 0.3) is 5.91 Å². The zero-order chi connectivity index (χ0) is 20.4. The Kier molecular flexibility index (Phi) is 4.91. The summed E-state index contributed by atoms with van der Waals surface area (Å²) < 4.78 is 40.2. The van der Waals surface area contributed by atoms with Crippen LogP contribution in [0.25, 0.3) is 5.69 Å². The van der Waals surface area contributed by atoms with Crippen LogP contribution in [0.4, 0.5) is 19.1 Å². The molecule has 2 aromatic heterocycles. The van der Waals surface area contributed by atoms with Crippen molar-refractivity contribution >= 4 is 11.9 Å². The summed E-state index contributed by atoms with van der Waals surface area (Å²) in [4.78, 5) is 28.9. The number of hydrogen-bond acceptors (Lipinski definition) is 5. The van der Waals surface area contributed by atoms with Gasteiger partial charge >= 0.3 is 6.18 Å². The van der Waals surface area contributed by atoms with Gasteiger partial charge in [0, 0.05) is 50.5 Å². The lowest BCUT2D eigenvalue weighted by Crippen LogP contribution is -2.49. The van der Waals surface area contributed by atoms with Crippen LogP contribution in [-0.4, -0.2) is 56.5 Å². The number of nitrogens with zero attached hydrogens (tertiary/aromatic N) is 6. The maximum atomic E-state index is 12.9. The summed E-state index contributed by atoms with van der Waals surface area (Å²) in [6.45, 7) is 2.13. The molecule has 0 radical (unpaired) electrons. The van der Waals surface area contributed by atoms with Crippen molar-refractivity contribution in [2.75, 3.05) is 31.1 Å². The average Bonchev–Trinajstić information content (AvgIpc) is 3.24. The summed E-state index contributed by atoms with van der Waals surface area (Å²) in [7, 11) is 0. The third-order valence-electron chi connectivity index (χ3n) is 4.68. The Bertz CT molecular complexity index is 996. The van der Waals surface area contributed by atoms with Crippen LogP contribution in [0.15, 0.2) is 55.2 Å². The van der Waals surface area contributed by atoms with Gasteiger partial charge in [-0.15, -0.1) is 0 Å². The maximum absolute atomic E-state index is 12.9. The zero-order valence-corrected chi connectivity index (χ0v) is 15.3. The number of carbonyl (C=O) groups excluding carboxylic acids is 1. The minimum Gasteiger partial charge on any atom is -0.337 e. The Morgan fingerprint density at radius 1 is 0.966 bits per heavy atom. The normalized spacial score (nSPS) is 14.9. The highest BCUT2D eigenvalue weighted by Gasteiger charge is 2.30. The Balaban J connectivity index is 1.44. The van der Waals surface area contributed by atoms with Gasteiger partial charge in [-0.1, -0.05) is 6.07 Å². The predicted octanol–water partition coefficient (Wildman–Crippen LogP) is 2.64. The van der Waals surface area contributed by atoms with E-state index in [0.29, 0.717) is 32.1 Å². The number of piperazine rings is 1. The molecular formula is C19H17F3N6O. The molecule has 10 heteroatoms. The topological polar surface area (TPSA) is 67.2 Å². The van der Waals surface area contributed by atoms with Crippen LogP contribution >= 0.6 is 0 Å². The second-order valence-electron chi connectivity index (χ2n) is 6.54. The molecule has 1 aromatic carbocycles. The molecule has 3 aromatic rings. The van der Waals surface area contributed by atoms with Crippen molar-refractivity contribution < 1.29 is 18.0 Å². The van der Waals surface area contributed by atoms with E-state index in [9.17, 15) is 18.0 Å². The van der Waals surface area contributed by atoms with Gasteiger partial charge in [0.05, 0.1) is 5.56 Å². The quantitative estimate of drug-likeness (QED) is 0.674. The van der Waals surface area contributed by atoms with Gasteiger partial charge in [0.1, 0.15) is 12.0 Å². The van der Waals surface area contributed by atoms with E-state index >= 15 is 0 Å². The molecule has 1 aliphatic heterocycles. The molecule has 1 aliphatic rings. The number of alkyl halides is 3. The fourth-order valence-corrected chi connectivity index (χ4v) is 3.14. The lowest BCUT2D eigenvalue weighted by molar-refractivity contribution is -0.137. The van der Waals surface area contributed by atoms with Crippen molar-refractivity contribution in [3.8, 4) is 5.69 Å². The van der Waals surface area contributed by atoms with Crippen LogP contribution in [-0.2, 0) is 6.18 Å². The first-order valence-electron chi connectivity index (χ1n) is 8.95. The molecule has 1 fully saturated rings. The van der Waals surface area contributed by atoms with E-state index < -0.39 is 11.7 Å². The van der Waals surface area contributed by atoms with Crippen LogP contribution in [0.1, 0.15) is 16.1 Å². The van der Waals surface area contributed by atoms with Crippen LogP contribution < -0.4 is 4.90 Å². The fraction of sp³-hybridized carbons (Fsp3) is 0.263. The average molecular weight is 402 g/mol. The monoisotopic (exact) mass is 402 g/mol. The number of aromatic nitrogens is 4. The smallest absolute Gasteiger partial charge is 0.337 e. The Labute approximate surface area is 164 Å². The molecule has 150 valence electrons. The molecule has 1 saturated heterocycles. The van der Waals surface area contributed by atoms with E-state index in [2.05, 4.69) is 15.0 Å². The first kappa shape index (κ1) is 18.9. The summed E-state index contributed by atoms with van der Waals surface area (Å²) >= 11 is 0. The second-order valence-corrected chi connectivity index (χ2v) is 6.54. The van der Waals surface area contributed by atoms with E-state index in [1.165, 1.54) is 29.2 Å². The summed E-state index contributed by atoms with van der Waals surface area (Å²) in [5, 5.41) is 0. The maximum Gasteiger partial charge on any atom is 0.416 e. The molecule has 0 unspecified atom stereocenters. The van der Waals surface area contributed by atoms with Crippen molar-refractivity contribution in [1.82, 2.24) is 24.4 Å². The van der Waals surface area contributed by atoms with Crippen molar-refractivity contribution in [2.45, 2.75) is 6.18 Å². The molecule has 3 heterocycles. The number of benzene rings is 1.